The summed E-state index contributed by atoms with van der Waals surface area (Å²) in [7, 11) is 0. The summed E-state index contributed by atoms with van der Waals surface area (Å²) in [4.78, 5) is 17.1. The minimum atomic E-state index is -0.935. The van der Waals surface area contributed by atoms with Crippen LogP contribution in [0.3, 0.4) is 0 Å². The molecule has 1 aromatic heterocycles. The first-order chi connectivity index (χ1) is 7.16. The molecule has 82 valence electrons. The topological polar surface area (TPSA) is 53.4 Å². The number of carboxylic acid groups (broad SMARTS) is 1. The summed E-state index contributed by atoms with van der Waals surface area (Å²) in [6, 6.07) is 0.684. The van der Waals surface area contributed by atoms with Crippen molar-refractivity contribution in [3.8, 4) is 0 Å². The Labute approximate surface area is 92.6 Å². The van der Waals surface area contributed by atoms with E-state index in [9.17, 15) is 4.79 Å². The van der Waals surface area contributed by atoms with Gasteiger partial charge in [-0.1, -0.05) is 0 Å². The highest BCUT2D eigenvalue weighted by Gasteiger charge is 2.22. The van der Waals surface area contributed by atoms with Crippen LogP contribution in [-0.2, 0) is 6.42 Å². The van der Waals surface area contributed by atoms with Gasteiger partial charge >= 0.3 is 5.97 Å². The number of aromatic nitrogens is 1. The lowest BCUT2D eigenvalue weighted by Crippen LogP contribution is -2.46. The standard InChI is InChI=1S/C10H14N2O2S/c1-7-2-4-12(7)5-3-9-11-8(6-15-9)10(13)14/h6-7H,2-5H2,1H3,(H,13,14). The zero-order valence-electron chi connectivity index (χ0n) is 8.64. The normalized spacial score (nSPS) is 21.3. The number of hydrogen-bond acceptors (Lipinski definition) is 4. The molecule has 5 heteroatoms. The van der Waals surface area contributed by atoms with E-state index in [1.165, 1.54) is 24.3 Å². The van der Waals surface area contributed by atoms with E-state index in [1.54, 1.807) is 5.38 Å². The average Bonchev–Trinajstić information content (AvgIpc) is 2.64. The molecule has 1 aliphatic rings. The van der Waals surface area contributed by atoms with E-state index in [0.717, 1.165) is 18.0 Å². The molecule has 1 atom stereocenters. The van der Waals surface area contributed by atoms with Gasteiger partial charge in [-0.3, -0.25) is 0 Å². The third-order valence-electron chi connectivity index (χ3n) is 2.84. The first-order valence-corrected chi connectivity index (χ1v) is 5.96. The van der Waals surface area contributed by atoms with Crippen molar-refractivity contribution in [3.05, 3.63) is 16.1 Å². The highest BCUT2D eigenvalue weighted by Crippen LogP contribution is 2.18. The zero-order chi connectivity index (χ0) is 10.8. The van der Waals surface area contributed by atoms with Crippen LogP contribution in [0.25, 0.3) is 0 Å². The van der Waals surface area contributed by atoms with Crippen LogP contribution in [0, 0.1) is 0 Å². The van der Waals surface area contributed by atoms with Gasteiger partial charge in [0.15, 0.2) is 5.69 Å². The van der Waals surface area contributed by atoms with Crippen LogP contribution in [0.15, 0.2) is 5.38 Å². The quantitative estimate of drug-likeness (QED) is 0.845. The van der Waals surface area contributed by atoms with Gasteiger partial charge in [-0.05, 0) is 19.9 Å². The number of thiazole rings is 1. The lowest BCUT2D eigenvalue weighted by atomic mass is 10.1. The summed E-state index contributed by atoms with van der Waals surface area (Å²) < 4.78 is 0. The maximum absolute atomic E-state index is 10.6. The summed E-state index contributed by atoms with van der Waals surface area (Å²) in [6.45, 7) is 4.38. The predicted octanol–water partition coefficient (Wildman–Crippen LogP) is 1.48. The summed E-state index contributed by atoms with van der Waals surface area (Å²) in [5, 5.41) is 11.2. The third-order valence-corrected chi connectivity index (χ3v) is 3.75. The van der Waals surface area contributed by atoms with Gasteiger partial charge in [-0.2, -0.15) is 0 Å². The Bertz CT molecular complexity index is 364. The van der Waals surface area contributed by atoms with Gasteiger partial charge in [0.1, 0.15) is 0 Å². The summed E-state index contributed by atoms with van der Waals surface area (Å²) in [5.41, 5.74) is 0.173. The monoisotopic (exact) mass is 226 g/mol. The zero-order valence-corrected chi connectivity index (χ0v) is 9.46. The van der Waals surface area contributed by atoms with E-state index in [0.29, 0.717) is 6.04 Å². The molecule has 1 aliphatic heterocycles. The Hall–Kier alpha value is -0.940. The molecule has 1 aromatic rings. The molecule has 15 heavy (non-hydrogen) atoms. The van der Waals surface area contributed by atoms with Crippen molar-refractivity contribution in [1.29, 1.82) is 0 Å². The number of rotatable bonds is 4. The van der Waals surface area contributed by atoms with Crippen molar-refractivity contribution >= 4 is 17.3 Å². The number of likely N-dealkylation sites (tertiary alicyclic amines) is 1. The van der Waals surface area contributed by atoms with Crippen LogP contribution in [0.5, 0.6) is 0 Å². The van der Waals surface area contributed by atoms with Crippen molar-refractivity contribution < 1.29 is 9.90 Å². The van der Waals surface area contributed by atoms with Gasteiger partial charge in [0.2, 0.25) is 0 Å². The molecule has 1 unspecified atom stereocenters. The van der Waals surface area contributed by atoms with Crippen molar-refractivity contribution in [2.75, 3.05) is 13.1 Å². The minimum absolute atomic E-state index is 0.173. The second-order valence-corrected chi connectivity index (χ2v) is 4.80. The lowest BCUT2D eigenvalue weighted by molar-refractivity contribution is 0.0691. The summed E-state index contributed by atoms with van der Waals surface area (Å²) in [5.74, 6) is -0.935. The predicted molar refractivity (Wildman–Crippen MR) is 58.4 cm³/mol. The summed E-state index contributed by atoms with van der Waals surface area (Å²) in [6.07, 6.45) is 2.14. The largest absolute Gasteiger partial charge is 0.476 e. The molecule has 2 heterocycles. The molecule has 0 aromatic carbocycles. The van der Waals surface area contributed by atoms with Crippen LogP contribution < -0.4 is 0 Å². The highest BCUT2D eigenvalue weighted by atomic mass is 32.1. The molecule has 4 nitrogen and oxygen atoms in total. The van der Waals surface area contributed by atoms with E-state index in [1.807, 2.05) is 0 Å². The fourth-order valence-electron chi connectivity index (χ4n) is 1.67. The molecule has 0 amide bonds. The molecule has 2 rings (SSSR count). The molecular weight excluding hydrogens is 212 g/mol. The Morgan fingerprint density at radius 1 is 1.80 bits per heavy atom. The van der Waals surface area contributed by atoms with E-state index < -0.39 is 5.97 Å². The number of aromatic carboxylic acids is 1. The molecule has 1 N–H and O–H groups in total. The minimum Gasteiger partial charge on any atom is -0.476 e. The van der Waals surface area contributed by atoms with Crippen LogP contribution in [0.4, 0.5) is 0 Å². The second kappa shape index (κ2) is 4.28. The maximum atomic E-state index is 10.6. The van der Waals surface area contributed by atoms with E-state index in [-0.39, 0.29) is 5.69 Å². The van der Waals surface area contributed by atoms with Gasteiger partial charge in [-0.15, -0.1) is 11.3 Å². The van der Waals surface area contributed by atoms with Crippen molar-refractivity contribution in [2.24, 2.45) is 0 Å². The first-order valence-electron chi connectivity index (χ1n) is 5.08. The Kier molecular flexibility index (Phi) is 3.02. The van der Waals surface area contributed by atoms with Gasteiger partial charge in [0, 0.05) is 24.4 Å². The third kappa shape index (κ3) is 2.35. The van der Waals surface area contributed by atoms with Crippen molar-refractivity contribution in [3.63, 3.8) is 0 Å². The molecule has 0 spiro atoms. The Morgan fingerprint density at radius 3 is 3.07 bits per heavy atom. The van der Waals surface area contributed by atoms with Gasteiger partial charge in [0.05, 0.1) is 5.01 Å². The van der Waals surface area contributed by atoms with Gasteiger partial charge in [0.25, 0.3) is 0 Å². The van der Waals surface area contributed by atoms with Crippen LogP contribution in [0.2, 0.25) is 0 Å². The number of hydrogen-bond donors (Lipinski definition) is 1. The Morgan fingerprint density at radius 2 is 2.60 bits per heavy atom. The SMILES string of the molecule is CC1CCN1CCc1nc(C(=O)O)cs1. The lowest BCUT2D eigenvalue weighted by Gasteiger charge is -2.38. The van der Waals surface area contributed by atoms with Crippen LogP contribution >= 0.6 is 11.3 Å². The smallest absolute Gasteiger partial charge is 0.355 e. The van der Waals surface area contributed by atoms with Crippen molar-refractivity contribution in [2.45, 2.75) is 25.8 Å². The van der Waals surface area contributed by atoms with Gasteiger partial charge < -0.3 is 10.0 Å². The Balaban J connectivity index is 1.85. The first kappa shape index (κ1) is 10.6. The maximum Gasteiger partial charge on any atom is 0.355 e. The molecule has 1 saturated heterocycles. The highest BCUT2D eigenvalue weighted by molar-refractivity contribution is 7.09. The molecule has 0 radical (unpaired) electrons. The summed E-state index contributed by atoms with van der Waals surface area (Å²) >= 11 is 1.44. The number of carboxylic acids is 1. The number of nitrogens with zero attached hydrogens (tertiary/aromatic N) is 2. The van der Waals surface area contributed by atoms with Gasteiger partial charge in [-0.25, -0.2) is 9.78 Å². The molecular formula is C10H14N2O2S. The molecule has 0 bridgehead atoms. The number of carbonyl (C=O) groups is 1. The van der Waals surface area contributed by atoms with Crippen LogP contribution in [-0.4, -0.2) is 40.1 Å². The fraction of sp³-hybridized carbons (Fsp3) is 0.600. The molecule has 0 aliphatic carbocycles. The molecule has 0 saturated carbocycles. The van der Waals surface area contributed by atoms with E-state index >= 15 is 0 Å². The second-order valence-electron chi connectivity index (χ2n) is 3.86. The molecule has 1 fully saturated rings. The van der Waals surface area contributed by atoms with Crippen molar-refractivity contribution in [1.82, 2.24) is 9.88 Å². The van der Waals surface area contributed by atoms with Crippen LogP contribution in [0.1, 0.15) is 28.8 Å². The fourth-order valence-corrected chi connectivity index (χ4v) is 2.43. The average molecular weight is 226 g/mol. The van der Waals surface area contributed by atoms with E-state index in [2.05, 4.69) is 16.8 Å². The van der Waals surface area contributed by atoms with E-state index in [4.69, 9.17) is 5.11 Å².